The molecule has 0 spiro atoms. The van der Waals surface area contributed by atoms with Gasteiger partial charge in [-0.1, -0.05) is 12.1 Å². The Morgan fingerprint density at radius 3 is 2.38 bits per heavy atom. The zero-order chi connectivity index (χ0) is 12.2. The van der Waals surface area contributed by atoms with Crippen molar-refractivity contribution in [2.24, 2.45) is 10.7 Å². The van der Waals surface area contributed by atoms with Gasteiger partial charge in [0.2, 0.25) is 0 Å². The molecule has 0 saturated heterocycles. The SMILES string of the molecule is CC(C)(C)NC(N)=NCc1ccc(F)cc1. The van der Waals surface area contributed by atoms with Gasteiger partial charge in [0.05, 0.1) is 6.54 Å². The highest BCUT2D eigenvalue weighted by Crippen LogP contribution is 2.04. The van der Waals surface area contributed by atoms with Gasteiger partial charge in [0.25, 0.3) is 0 Å². The predicted molar refractivity (Wildman–Crippen MR) is 64.6 cm³/mol. The summed E-state index contributed by atoms with van der Waals surface area (Å²) in [5, 5.41) is 3.05. The Bertz CT molecular complexity index is 363. The van der Waals surface area contributed by atoms with E-state index in [1.54, 1.807) is 12.1 Å². The Hall–Kier alpha value is -1.58. The van der Waals surface area contributed by atoms with E-state index in [-0.39, 0.29) is 11.4 Å². The molecule has 0 aliphatic rings. The van der Waals surface area contributed by atoms with Crippen LogP contribution in [0.3, 0.4) is 0 Å². The number of hydrogen-bond donors (Lipinski definition) is 2. The molecule has 0 unspecified atom stereocenters. The molecule has 0 aromatic heterocycles. The minimum Gasteiger partial charge on any atom is -0.370 e. The Labute approximate surface area is 95.6 Å². The van der Waals surface area contributed by atoms with Gasteiger partial charge in [-0.2, -0.15) is 0 Å². The molecule has 1 aromatic carbocycles. The molecule has 88 valence electrons. The summed E-state index contributed by atoms with van der Waals surface area (Å²) in [6, 6.07) is 6.23. The van der Waals surface area contributed by atoms with Gasteiger partial charge in [-0.25, -0.2) is 9.38 Å². The number of guanidine groups is 1. The third-order valence-corrected chi connectivity index (χ3v) is 1.85. The average molecular weight is 223 g/mol. The van der Waals surface area contributed by atoms with Crippen molar-refractivity contribution in [3.05, 3.63) is 35.6 Å². The summed E-state index contributed by atoms with van der Waals surface area (Å²) in [4.78, 5) is 4.17. The van der Waals surface area contributed by atoms with E-state index < -0.39 is 0 Å². The number of halogens is 1. The van der Waals surface area contributed by atoms with E-state index >= 15 is 0 Å². The summed E-state index contributed by atoms with van der Waals surface area (Å²) < 4.78 is 12.6. The summed E-state index contributed by atoms with van der Waals surface area (Å²) in [6.07, 6.45) is 0. The lowest BCUT2D eigenvalue weighted by Gasteiger charge is -2.20. The van der Waals surface area contributed by atoms with Gasteiger partial charge in [-0.15, -0.1) is 0 Å². The summed E-state index contributed by atoms with van der Waals surface area (Å²) in [6.45, 7) is 6.48. The Morgan fingerprint density at radius 2 is 1.88 bits per heavy atom. The molecule has 16 heavy (non-hydrogen) atoms. The molecule has 0 saturated carbocycles. The second-order valence-electron chi connectivity index (χ2n) is 4.70. The third kappa shape index (κ3) is 4.77. The average Bonchev–Trinajstić information content (AvgIpc) is 2.14. The van der Waals surface area contributed by atoms with Crippen molar-refractivity contribution in [3.63, 3.8) is 0 Å². The van der Waals surface area contributed by atoms with Crippen LogP contribution in [0.5, 0.6) is 0 Å². The fraction of sp³-hybridized carbons (Fsp3) is 0.417. The van der Waals surface area contributed by atoms with Gasteiger partial charge in [0.15, 0.2) is 5.96 Å². The van der Waals surface area contributed by atoms with E-state index in [0.717, 1.165) is 5.56 Å². The number of nitrogens with zero attached hydrogens (tertiary/aromatic N) is 1. The fourth-order valence-corrected chi connectivity index (χ4v) is 1.19. The molecule has 0 amide bonds. The van der Waals surface area contributed by atoms with Crippen molar-refractivity contribution in [3.8, 4) is 0 Å². The van der Waals surface area contributed by atoms with Gasteiger partial charge in [-0.05, 0) is 38.5 Å². The number of nitrogens with two attached hydrogens (primary N) is 1. The van der Waals surface area contributed by atoms with Crippen LogP contribution in [-0.4, -0.2) is 11.5 Å². The molecule has 0 aliphatic heterocycles. The first-order chi connectivity index (χ1) is 7.37. The number of aliphatic imine (C=N–C) groups is 1. The Balaban J connectivity index is 2.56. The maximum absolute atomic E-state index is 12.6. The van der Waals surface area contributed by atoms with Crippen molar-refractivity contribution in [1.29, 1.82) is 0 Å². The van der Waals surface area contributed by atoms with Crippen LogP contribution >= 0.6 is 0 Å². The molecule has 0 bridgehead atoms. The first-order valence-corrected chi connectivity index (χ1v) is 5.19. The third-order valence-electron chi connectivity index (χ3n) is 1.85. The van der Waals surface area contributed by atoms with E-state index in [1.165, 1.54) is 12.1 Å². The van der Waals surface area contributed by atoms with Crippen LogP contribution in [0.1, 0.15) is 26.3 Å². The molecular formula is C12H18FN3. The number of hydrogen-bond acceptors (Lipinski definition) is 1. The van der Waals surface area contributed by atoms with Gasteiger partial charge < -0.3 is 11.1 Å². The predicted octanol–water partition coefficient (Wildman–Crippen LogP) is 2.03. The normalized spacial score (nSPS) is 12.6. The second-order valence-corrected chi connectivity index (χ2v) is 4.70. The van der Waals surface area contributed by atoms with E-state index in [4.69, 9.17) is 5.73 Å². The first kappa shape index (κ1) is 12.5. The lowest BCUT2D eigenvalue weighted by atomic mass is 10.1. The van der Waals surface area contributed by atoms with Crippen LogP contribution in [-0.2, 0) is 6.54 Å². The molecule has 0 radical (unpaired) electrons. The summed E-state index contributed by atoms with van der Waals surface area (Å²) in [7, 11) is 0. The maximum atomic E-state index is 12.6. The summed E-state index contributed by atoms with van der Waals surface area (Å²) >= 11 is 0. The molecular weight excluding hydrogens is 205 g/mol. The molecule has 4 heteroatoms. The van der Waals surface area contributed by atoms with E-state index in [2.05, 4.69) is 10.3 Å². The van der Waals surface area contributed by atoms with Gasteiger partial charge in [0.1, 0.15) is 5.82 Å². The van der Waals surface area contributed by atoms with Crippen LogP contribution in [0, 0.1) is 5.82 Å². The van der Waals surface area contributed by atoms with Crippen LogP contribution in [0.15, 0.2) is 29.3 Å². The van der Waals surface area contributed by atoms with E-state index in [9.17, 15) is 4.39 Å². The molecule has 0 heterocycles. The summed E-state index contributed by atoms with van der Waals surface area (Å²) in [5.74, 6) is 0.158. The standard InChI is InChI=1S/C12H18FN3/c1-12(2,3)16-11(14)15-8-9-4-6-10(13)7-5-9/h4-7H,8H2,1-3H3,(H3,14,15,16). The first-order valence-electron chi connectivity index (χ1n) is 5.19. The largest absolute Gasteiger partial charge is 0.370 e. The minimum absolute atomic E-state index is 0.101. The molecule has 0 atom stereocenters. The molecule has 3 N–H and O–H groups in total. The van der Waals surface area contributed by atoms with E-state index in [0.29, 0.717) is 12.5 Å². The molecule has 0 fully saturated rings. The number of nitrogens with one attached hydrogen (secondary N) is 1. The van der Waals surface area contributed by atoms with Crippen LogP contribution in [0.4, 0.5) is 4.39 Å². The van der Waals surface area contributed by atoms with E-state index in [1.807, 2.05) is 20.8 Å². The van der Waals surface area contributed by atoms with Crippen LogP contribution in [0.2, 0.25) is 0 Å². The fourth-order valence-electron chi connectivity index (χ4n) is 1.19. The lowest BCUT2D eigenvalue weighted by Crippen LogP contribution is -2.44. The van der Waals surface area contributed by atoms with Crippen molar-refractivity contribution in [1.82, 2.24) is 5.32 Å². The highest BCUT2D eigenvalue weighted by Gasteiger charge is 2.09. The molecule has 1 aromatic rings. The zero-order valence-corrected chi connectivity index (χ0v) is 9.92. The van der Waals surface area contributed by atoms with Crippen LogP contribution < -0.4 is 11.1 Å². The highest BCUT2D eigenvalue weighted by molar-refractivity contribution is 5.78. The van der Waals surface area contributed by atoms with Gasteiger partial charge in [-0.3, -0.25) is 0 Å². The lowest BCUT2D eigenvalue weighted by molar-refractivity contribution is 0.508. The van der Waals surface area contributed by atoms with Crippen molar-refractivity contribution >= 4 is 5.96 Å². The smallest absolute Gasteiger partial charge is 0.189 e. The van der Waals surface area contributed by atoms with Crippen molar-refractivity contribution < 1.29 is 4.39 Å². The highest BCUT2D eigenvalue weighted by atomic mass is 19.1. The summed E-state index contributed by atoms with van der Waals surface area (Å²) in [5.41, 5.74) is 6.53. The minimum atomic E-state index is -0.242. The van der Waals surface area contributed by atoms with Crippen molar-refractivity contribution in [2.45, 2.75) is 32.9 Å². The topological polar surface area (TPSA) is 50.4 Å². The molecule has 3 nitrogen and oxygen atoms in total. The van der Waals surface area contributed by atoms with Gasteiger partial charge in [0, 0.05) is 5.54 Å². The number of rotatable bonds is 2. The van der Waals surface area contributed by atoms with Crippen molar-refractivity contribution in [2.75, 3.05) is 0 Å². The zero-order valence-electron chi connectivity index (χ0n) is 9.92. The number of benzene rings is 1. The Morgan fingerprint density at radius 1 is 1.31 bits per heavy atom. The Kier molecular flexibility index (Phi) is 3.88. The molecule has 1 rings (SSSR count). The quantitative estimate of drug-likeness (QED) is 0.595. The van der Waals surface area contributed by atoms with Gasteiger partial charge >= 0.3 is 0 Å². The molecule has 0 aliphatic carbocycles. The maximum Gasteiger partial charge on any atom is 0.189 e. The monoisotopic (exact) mass is 223 g/mol. The van der Waals surface area contributed by atoms with Crippen LogP contribution in [0.25, 0.3) is 0 Å². The second kappa shape index (κ2) is 4.96.